The third-order valence-corrected chi connectivity index (χ3v) is 3.56. The van der Waals surface area contributed by atoms with Crippen LogP contribution < -0.4 is 10.2 Å². The van der Waals surface area contributed by atoms with E-state index < -0.39 is 0 Å². The van der Waals surface area contributed by atoms with Crippen molar-refractivity contribution >= 4 is 23.3 Å². The Kier molecular flexibility index (Phi) is 4.71. The summed E-state index contributed by atoms with van der Waals surface area (Å²) in [7, 11) is 1.87. The molecule has 116 valence electrons. The van der Waals surface area contributed by atoms with Crippen LogP contribution in [0.3, 0.4) is 0 Å². The molecule has 0 atom stereocenters. The zero-order valence-electron chi connectivity index (χ0n) is 13.2. The highest BCUT2D eigenvalue weighted by molar-refractivity contribution is 6.28. The van der Waals surface area contributed by atoms with Gasteiger partial charge in [0, 0.05) is 18.2 Å². The first-order valence-electron chi connectivity index (χ1n) is 7.34. The number of nitrogens with one attached hydrogen (secondary N) is 1. The van der Waals surface area contributed by atoms with E-state index in [1.807, 2.05) is 32.7 Å². The minimum absolute atomic E-state index is 0.0238. The zero-order valence-corrected chi connectivity index (χ0v) is 13.9. The number of aromatic nitrogens is 2. The van der Waals surface area contributed by atoms with Gasteiger partial charge in [-0.1, -0.05) is 0 Å². The molecule has 1 aliphatic carbocycles. The van der Waals surface area contributed by atoms with Crippen LogP contribution in [-0.2, 0) is 17.6 Å². The average Bonchev–Trinajstić information content (AvgIpc) is 2.35. The molecule has 0 bridgehead atoms. The van der Waals surface area contributed by atoms with E-state index in [2.05, 4.69) is 15.3 Å². The maximum atomic E-state index is 12.1. The Hall–Kier alpha value is -1.36. The van der Waals surface area contributed by atoms with E-state index in [0.29, 0.717) is 0 Å². The van der Waals surface area contributed by atoms with Gasteiger partial charge in [0.2, 0.25) is 11.2 Å². The first-order valence-corrected chi connectivity index (χ1v) is 7.71. The van der Waals surface area contributed by atoms with Gasteiger partial charge in [0.25, 0.3) is 0 Å². The highest BCUT2D eigenvalue weighted by atomic mass is 35.5. The molecule has 1 heterocycles. The van der Waals surface area contributed by atoms with Crippen LogP contribution in [0.1, 0.15) is 44.9 Å². The van der Waals surface area contributed by atoms with Crippen LogP contribution >= 0.6 is 11.6 Å². The molecule has 1 aliphatic rings. The molecule has 5 nitrogen and oxygen atoms in total. The number of carbonyl (C=O) groups is 1. The lowest BCUT2D eigenvalue weighted by Crippen LogP contribution is -2.45. The minimum Gasteiger partial charge on any atom is -0.350 e. The number of hydrogen-bond donors (Lipinski definition) is 1. The topological polar surface area (TPSA) is 58.1 Å². The average molecular weight is 311 g/mol. The van der Waals surface area contributed by atoms with E-state index in [-0.39, 0.29) is 23.3 Å². The van der Waals surface area contributed by atoms with Crippen molar-refractivity contribution in [2.24, 2.45) is 0 Å². The van der Waals surface area contributed by atoms with Gasteiger partial charge in [0.15, 0.2) is 0 Å². The number of rotatable bonds is 3. The Labute approximate surface area is 131 Å². The molecule has 0 saturated carbocycles. The van der Waals surface area contributed by atoms with Gasteiger partial charge < -0.3 is 10.2 Å². The molecule has 2 rings (SSSR count). The van der Waals surface area contributed by atoms with Crippen LogP contribution in [0.25, 0.3) is 0 Å². The lowest BCUT2D eigenvalue weighted by Gasteiger charge is -2.26. The number of halogens is 1. The molecule has 0 fully saturated rings. The second-order valence-corrected chi connectivity index (χ2v) is 6.94. The maximum Gasteiger partial charge on any atom is 0.239 e. The fourth-order valence-electron chi connectivity index (χ4n) is 2.61. The van der Waals surface area contributed by atoms with Crippen LogP contribution in [0.15, 0.2) is 0 Å². The van der Waals surface area contributed by atoms with Gasteiger partial charge in [-0.2, -0.15) is 0 Å². The van der Waals surface area contributed by atoms with Crippen LogP contribution in [0, 0.1) is 0 Å². The van der Waals surface area contributed by atoms with E-state index in [1.165, 1.54) is 0 Å². The molecule has 0 unspecified atom stereocenters. The summed E-state index contributed by atoms with van der Waals surface area (Å²) in [6.07, 6.45) is 4.15. The summed E-state index contributed by atoms with van der Waals surface area (Å²) in [6, 6.07) is 0. The van der Waals surface area contributed by atoms with Crippen LogP contribution in [-0.4, -0.2) is 35.0 Å². The van der Waals surface area contributed by atoms with Gasteiger partial charge in [-0.05, 0) is 58.1 Å². The summed E-state index contributed by atoms with van der Waals surface area (Å²) in [4.78, 5) is 22.6. The molecule has 0 radical (unpaired) electrons. The van der Waals surface area contributed by atoms with Crippen molar-refractivity contribution < 1.29 is 4.79 Å². The summed E-state index contributed by atoms with van der Waals surface area (Å²) in [5, 5.41) is 3.22. The fourth-order valence-corrected chi connectivity index (χ4v) is 2.79. The second-order valence-electron chi connectivity index (χ2n) is 6.60. The predicted octanol–water partition coefficient (Wildman–Crippen LogP) is 2.36. The van der Waals surface area contributed by atoms with Gasteiger partial charge in [0.05, 0.1) is 12.2 Å². The Morgan fingerprint density at radius 2 is 1.95 bits per heavy atom. The molecule has 1 aromatic rings. The normalized spacial score (nSPS) is 14.5. The van der Waals surface area contributed by atoms with Crippen molar-refractivity contribution in [1.82, 2.24) is 15.3 Å². The van der Waals surface area contributed by atoms with Gasteiger partial charge in [-0.25, -0.2) is 9.97 Å². The Morgan fingerprint density at radius 1 is 1.29 bits per heavy atom. The number of hydrogen-bond acceptors (Lipinski definition) is 4. The lowest BCUT2D eigenvalue weighted by molar-refractivity contribution is -0.121. The second kappa shape index (κ2) is 6.18. The number of nitrogens with zero attached hydrogens (tertiary/aromatic N) is 3. The smallest absolute Gasteiger partial charge is 0.239 e. The third kappa shape index (κ3) is 4.30. The molecule has 0 spiro atoms. The fraction of sp³-hybridized carbons (Fsp3) is 0.667. The van der Waals surface area contributed by atoms with Crippen LogP contribution in [0.2, 0.25) is 5.28 Å². The van der Waals surface area contributed by atoms with Crippen molar-refractivity contribution in [2.45, 2.75) is 52.0 Å². The van der Waals surface area contributed by atoms with Crippen molar-refractivity contribution in [1.29, 1.82) is 0 Å². The van der Waals surface area contributed by atoms with Crippen molar-refractivity contribution in [3.05, 3.63) is 16.5 Å². The number of carbonyl (C=O) groups excluding carboxylic acids is 1. The van der Waals surface area contributed by atoms with Crippen molar-refractivity contribution in [3.8, 4) is 0 Å². The zero-order chi connectivity index (χ0) is 15.6. The van der Waals surface area contributed by atoms with Gasteiger partial charge in [0.1, 0.15) is 5.82 Å². The van der Waals surface area contributed by atoms with Crippen LogP contribution in [0.4, 0.5) is 5.82 Å². The molecule has 1 N–H and O–H groups in total. The summed E-state index contributed by atoms with van der Waals surface area (Å²) in [6.45, 7) is 6.16. The summed E-state index contributed by atoms with van der Waals surface area (Å²) in [5.41, 5.74) is 1.93. The predicted molar refractivity (Wildman–Crippen MR) is 84.8 cm³/mol. The maximum absolute atomic E-state index is 12.1. The summed E-state index contributed by atoms with van der Waals surface area (Å²) >= 11 is 6.02. The van der Waals surface area contributed by atoms with E-state index >= 15 is 0 Å². The monoisotopic (exact) mass is 310 g/mol. The van der Waals surface area contributed by atoms with Crippen molar-refractivity contribution in [3.63, 3.8) is 0 Å². The summed E-state index contributed by atoms with van der Waals surface area (Å²) in [5.74, 6) is 0.762. The largest absolute Gasteiger partial charge is 0.350 e. The quantitative estimate of drug-likeness (QED) is 0.871. The molecule has 1 aromatic heterocycles. The van der Waals surface area contributed by atoms with E-state index in [4.69, 9.17) is 11.6 Å². The molecule has 6 heteroatoms. The van der Waals surface area contributed by atoms with E-state index in [0.717, 1.165) is 42.8 Å². The molecule has 0 saturated heterocycles. The molecule has 0 aromatic carbocycles. The number of aryl methyl sites for hydroxylation is 1. The Morgan fingerprint density at radius 3 is 2.62 bits per heavy atom. The first-order chi connectivity index (χ1) is 9.76. The minimum atomic E-state index is -0.235. The standard InChI is InChI=1S/C15H23ClN4O/c1-15(2,3)19-12(21)9-20(4)13-10-7-5-6-8-11(10)17-14(16)18-13/h5-9H2,1-4H3,(H,19,21). The molecule has 0 aliphatic heterocycles. The third-order valence-electron chi connectivity index (χ3n) is 3.39. The Balaban J connectivity index is 2.17. The molecule has 1 amide bonds. The Bertz CT molecular complexity index is 539. The van der Waals surface area contributed by atoms with Gasteiger partial charge in [-0.15, -0.1) is 0 Å². The highest BCUT2D eigenvalue weighted by Crippen LogP contribution is 2.28. The number of anilines is 1. The van der Waals surface area contributed by atoms with Crippen molar-refractivity contribution in [2.75, 3.05) is 18.5 Å². The first kappa shape index (κ1) is 16.0. The lowest BCUT2D eigenvalue weighted by atomic mass is 9.96. The molecule has 21 heavy (non-hydrogen) atoms. The van der Waals surface area contributed by atoms with E-state index in [9.17, 15) is 4.79 Å². The number of amides is 1. The number of likely N-dealkylation sites (N-methyl/N-ethyl adjacent to an activating group) is 1. The summed E-state index contributed by atoms with van der Waals surface area (Å²) < 4.78 is 0. The van der Waals surface area contributed by atoms with Crippen LogP contribution in [0.5, 0.6) is 0 Å². The van der Waals surface area contributed by atoms with Gasteiger partial charge in [-0.3, -0.25) is 4.79 Å². The van der Waals surface area contributed by atoms with E-state index in [1.54, 1.807) is 0 Å². The SMILES string of the molecule is CN(CC(=O)NC(C)(C)C)c1nc(Cl)nc2c1CCCC2. The van der Waals surface area contributed by atoms with Gasteiger partial charge >= 0.3 is 0 Å². The molecular formula is C15H23ClN4O. The molecular weight excluding hydrogens is 288 g/mol. The number of fused-ring (bicyclic) bond motifs is 1. The highest BCUT2D eigenvalue weighted by Gasteiger charge is 2.22.